The first-order valence-corrected chi connectivity index (χ1v) is 5.73. The van der Waals surface area contributed by atoms with Crippen molar-refractivity contribution in [2.75, 3.05) is 6.54 Å². The molecule has 0 fully saturated rings. The first-order valence-electron chi connectivity index (χ1n) is 4.94. The molecular formula is C11H14BrF2N. The minimum atomic E-state index is -0.434. The topological polar surface area (TPSA) is 12.0 Å². The Hall–Kier alpha value is -0.480. The number of benzene rings is 1. The molecule has 0 bridgehead atoms. The van der Waals surface area contributed by atoms with Gasteiger partial charge in [-0.15, -0.1) is 0 Å². The maximum absolute atomic E-state index is 13.5. The average Bonchev–Trinajstić information content (AvgIpc) is 2.20. The molecule has 1 aromatic carbocycles. The van der Waals surface area contributed by atoms with Crippen molar-refractivity contribution in [1.29, 1.82) is 0 Å². The van der Waals surface area contributed by atoms with Crippen LogP contribution in [0, 0.1) is 11.6 Å². The van der Waals surface area contributed by atoms with Gasteiger partial charge in [0.15, 0.2) is 0 Å². The Bertz CT molecular complexity index is 342. The van der Waals surface area contributed by atoms with Crippen LogP contribution in [-0.4, -0.2) is 6.54 Å². The molecule has 15 heavy (non-hydrogen) atoms. The van der Waals surface area contributed by atoms with Crippen LogP contribution < -0.4 is 5.32 Å². The normalized spacial score (nSPS) is 12.9. The summed E-state index contributed by atoms with van der Waals surface area (Å²) in [4.78, 5) is 0. The largest absolute Gasteiger partial charge is 0.310 e. The summed E-state index contributed by atoms with van der Waals surface area (Å²) < 4.78 is 26.8. The third-order valence-electron chi connectivity index (χ3n) is 2.21. The van der Waals surface area contributed by atoms with E-state index >= 15 is 0 Å². The predicted molar refractivity (Wildman–Crippen MR) is 60.8 cm³/mol. The Balaban J connectivity index is 2.88. The molecule has 0 aromatic heterocycles. The molecule has 0 radical (unpaired) electrons. The molecule has 0 heterocycles. The minimum absolute atomic E-state index is 0.159. The molecular weight excluding hydrogens is 264 g/mol. The molecule has 4 heteroatoms. The fourth-order valence-electron chi connectivity index (χ4n) is 1.34. The van der Waals surface area contributed by atoms with Gasteiger partial charge in [0, 0.05) is 11.6 Å². The van der Waals surface area contributed by atoms with Crippen LogP contribution in [0.2, 0.25) is 0 Å². The van der Waals surface area contributed by atoms with Crippen molar-refractivity contribution in [2.45, 2.75) is 26.3 Å². The molecule has 0 saturated heterocycles. The maximum atomic E-state index is 13.5. The lowest BCUT2D eigenvalue weighted by atomic mass is 10.1. The molecule has 0 aliphatic heterocycles. The lowest BCUT2D eigenvalue weighted by Crippen LogP contribution is -2.20. The summed E-state index contributed by atoms with van der Waals surface area (Å²) in [5, 5.41) is 3.11. The summed E-state index contributed by atoms with van der Waals surface area (Å²) >= 11 is 2.95. The Morgan fingerprint density at radius 3 is 2.60 bits per heavy atom. The second-order valence-electron chi connectivity index (χ2n) is 3.46. The van der Waals surface area contributed by atoms with E-state index in [9.17, 15) is 8.78 Å². The van der Waals surface area contributed by atoms with Crippen molar-refractivity contribution in [2.24, 2.45) is 0 Å². The molecule has 1 N–H and O–H groups in total. The average molecular weight is 278 g/mol. The molecule has 1 nitrogen and oxygen atoms in total. The Labute approximate surface area is 97.0 Å². The van der Waals surface area contributed by atoms with Crippen LogP contribution in [0.4, 0.5) is 8.78 Å². The molecule has 0 spiro atoms. The summed E-state index contributed by atoms with van der Waals surface area (Å²) in [6, 6.07) is 2.22. The van der Waals surface area contributed by atoms with Gasteiger partial charge in [0.25, 0.3) is 0 Å². The van der Waals surface area contributed by atoms with E-state index in [4.69, 9.17) is 0 Å². The van der Waals surface area contributed by atoms with Gasteiger partial charge in [0.1, 0.15) is 11.6 Å². The molecule has 0 amide bonds. The van der Waals surface area contributed by atoms with Crippen molar-refractivity contribution < 1.29 is 8.78 Å². The van der Waals surface area contributed by atoms with E-state index in [0.29, 0.717) is 5.56 Å². The smallest absolute Gasteiger partial charge is 0.137 e. The van der Waals surface area contributed by atoms with Crippen LogP contribution in [-0.2, 0) is 0 Å². The fourth-order valence-corrected chi connectivity index (χ4v) is 1.66. The summed E-state index contributed by atoms with van der Waals surface area (Å²) in [5.41, 5.74) is 0.365. The molecule has 1 atom stereocenters. The van der Waals surface area contributed by atoms with E-state index in [2.05, 4.69) is 21.2 Å². The van der Waals surface area contributed by atoms with Gasteiger partial charge in [0.2, 0.25) is 0 Å². The van der Waals surface area contributed by atoms with E-state index < -0.39 is 5.82 Å². The quantitative estimate of drug-likeness (QED) is 0.826. The third-order valence-corrected chi connectivity index (χ3v) is 2.81. The predicted octanol–water partition coefficient (Wildman–Crippen LogP) is 3.79. The molecule has 1 unspecified atom stereocenters. The first kappa shape index (κ1) is 12.6. The van der Waals surface area contributed by atoms with Crippen LogP contribution >= 0.6 is 15.9 Å². The van der Waals surface area contributed by atoms with Gasteiger partial charge >= 0.3 is 0 Å². The second kappa shape index (κ2) is 5.56. The fraction of sp³-hybridized carbons (Fsp3) is 0.455. The Morgan fingerprint density at radius 2 is 2.00 bits per heavy atom. The van der Waals surface area contributed by atoms with E-state index in [0.717, 1.165) is 19.0 Å². The van der Waals surface area contributed by atoms with Crippen molar-refractivity contribution in [1.82, 2.24) is 5.32 Å². The van der Waals surface area contributed by atoms with Crippen LogP contribution in [0.3, 0.4) is 0 Å². The zero-order valence-electron chi connectivity index (χ0n) is 8.78. The van der Waals surface area contributed by atoms with E-state index in [-0.39, 0.29) is 16.3 Å². The summed E-state index contributed by atoms with van der Waals surface area (Å²) in [6.45, 7) is 4.64. The molecule has 1 rings (SSSR count). The van der Waals surface area contributed by atoms with Gasteiger partial charge in [-0.25, -0.2) is 8.78 Å². The zero-order chi connectivity index (χ0) is 11.4. The maximum Gasteiger partial charge on any atom is 0.137 e. The number of rotatable bonds is 4. The highest BCUT2D eigenvalue weighted by Gasteiger charge is 2.13. The number of hydrogen-bond acceptors (Lipinski definition) is 1. The molecule has 0 saturated carbocycles. The molecule has 84 valence electrons. The highest BCUT2D eigenvalue weighted by atomic mass is 79.9. The van der Waals surface area contributed by atoms with Gasteiger partial charge in [-0.1, -0.05) is 6.92 Å². The highest BCUT2D eigenvalue weighted by Crippen LogP contribution is 2.24. The van der Waals surface area contributed by atoms with Crippen molar-refractivity contribution in [3.63, 3.8) is 0 Å². The van der Waals surface area contributed by atoms with Crippen molar-refractivity contribution in [3.05, 3.63) is 33.8 Å². The summed E-state index contributed by atoms with van der Waals surface area (Å²) in [5.74, 6) is -0.823. The lowest BCUT2D eigenvalue weighted by Gasteiger charge is -2.14. The van der Waals surface area contributed by atoms with E-state index in [1.54, 1.807) is 0 Å². The first-order chi connectivity index (χ1) is 7.06. The SMILES string of the molecule is CCCNC(C)c1cc(F)c(Br)cc1F. The molecule has 0 aliphatic rings. The van der Waals surface area contributed by atoms with E-state index in [1.165, 1.54) is 6.07 Å². The number of halogens is 3. The number of nitrogens with one attached hydrogen (secondary N) is 1. The monoisotopic (exact) mass is 277 g/mol. The van der Waals surface area contributed by atoms with Crippen molar-refractivity contribution in [3.8, 4) is 0 Å². The van der Waals surface area contributed by atoms with Gasteiger partial charge in [-0.2, -0.15) is 0 Å². The summed E-state index contributed by atoms with van der Waals surface area (Å²) in [7, 11) is 0. The van der Waals surface area contributed by atoms with Crippen LogP contribution in [0.1, 0.15) is 31.9 Å². The summed E-state index contributed by atoms with van der Waals surface area (Å²) in [6.07, 6.45) is 0.963. The van der Waals surface area contributed by atoms with Crippen molar-refractivity contribution >= 4 is 15.9 Å². The highest BCUT2D eigenvalue weighted by molar-refractivity contribution is 9.10. The number of hydrogen-bond donors (Lipinski definition) is 1. The standard InChI is InChI=1S/C11H14BrF2N/c1-3-4-15-7(2)8-5-11(14)9(12)6-10(8)13/h5-7,15H,3-4H2,1-2H3. The zero-order valence-corrected chi connectivity index (χ0v) is 10.4. The molecule has 1 aromatic rings. The van der Waals surface area contributed by atoms with Crippen LogP contribution in [0.15, 0.2) is 16.6 Å². The Kier molecular flexibility index (Phi) is 4.67. The van der Waals surface area contributed by atoms with Crippen LogP contribution in [0.25, 0.3) is 0 Å². The van der Waals surface area contributed by atoms with Gasteiger partial charge < -0.3 is 5.32 Å². The second-order valence-corrected chi connectivity index (χ2v) is 4.32. The Morgan fingerprint density at radius 1 is 1.33 bits per heavy atom. The van der Waals surface area contributed by atoms with Crippen LogP contribution in [0.5, 0.6) is 0 Å². The minimum Gasteiger partial charge on any atom is -0.310 e. The van der Waals surface area contributed by atoms with Gasteiger partial charge in [0.05, 0.1) is 4.47 Å². The lowest BCUT2D eigenvalue weighted by molar-refractivity contribution is 0.516. The van der Waals surface area contributed by atoms with Gasteiger partial charge in [-0.3, -0.25) is 0 Å². The van der Waals surface area contributed by atoms with E-state index in [1.807, 2.05) is 13.8 Å². The third kappa shape index (κ3) is 3.24. The van der Waals surface area contributed by atoms with Gasteiger partial charge in [-0.05, 0) is 48.0 Å². The molecule has 0 aliphatic carbocycles.